The lowest BCUT2D eigenvalue weighted by Crippen LogP contribution is -2.34. The highest BCUT2D eigenvalue weighted by atomic mass is 16.6. The smallest absolute Gasteiger partial charge is 0.435 e. The molecule has 2 aromatic rings. The molecule has 3 rings (SSSR count). The van der Waals surface area contributed by atoms with Gasteiger partial charge in [0.15, 0.2) is 5.82 Å². The molecule has 0 atom stereocenters. The maximum atomic E-state index is 12.4. The van der Waals surface area contributed by atoms with Crippen LogP contribution in [0.5, 0.6) is 0 Å². The second-order valence-electron chi connectivity index (χ2n) is 6.26. The Morgan fingerprint density at radius 3 is 2.85 bits per heavy atom. The number of fused-ring (bicyclic) bond motifs is 1. The highest BCUT2D eigenvalue weighted by Gasteiger charge is 2.39. The molecule has 0 aliphatic carbocycles. The minimum Gasteiger partial charge on any atom is -0.448 e. The van der Waals surface area contributed by atoms with E-state index in [1.165, 1.54) is 23.0 Å². The molecule has 9 nitrogen and oxygen atoms in total. The van der Waals surface area contributed by atoms with Gasteiger partial charge in [0.2, 0.25) is 0 Å². The molecule has 3 heterocycles. The van der Waals surface area contributed by atoms with E-state index in [-0.39, 0.29) is 18.1 Å². The molecule has 26 heavy (non-hydrogen) atoms. The van der Waals surface area contributed by atoms with Crippen LogP contribution in [0.15, 0.2) is 18.3 Å². The van der Waals surface area contributed by atoms with Gasteiger partial charge < -0.3 is 15.4 Å². The Kier molecular flexibility index (Phi) is 4.44. The van der Waals surface area contributed by atoms with Crippen LogP contribution in [0.25, 0.3) is 0 Å². The van der Waals surface area contributed by atoms with Crippen molar-refractivity contribution in [2.75, 3.05) is 11.9 Å². The third-order valence-electron chi connectivity index (χ3n) is 4.08. The van der Waals surface area contributed by atoms with Crippen LogP contribution >= 0.6 is 0 Å². The lowest BCUT2D eigenvalue weighted by molar-refractivity contribution is 0.102. The summed E-state index contributed by atoms with van der Waals surface area (Å²) in [5.41, 5.74) is 1.39. The molecule has 0 unspecified atom stereocenters. The van der Waals surface area contributed by atoms with E-state index in [0.29, 0.717) is 17.8 Å². The molecule has 0 saturated heterocycles. The molecular weight excluding hydrogens is 336 g/mol. The lowest BCUT2D eigenvalue weighted by Gasteiger charge is -2.20. The highest BCUT2D eigenvalue weighted by molar-refractivity contribution is 6.03. The fourth-order valence-electron chi connectivity index (χ4n) is 2.84. The van der Waals surface area contributed by atoms with E-state index in [1.807, 2.05) is 19.9 Å². The van der Waals surface area contributed by atoms with Crippen molar-refractivity contribution in [2.45, 2.75) is 32.9 Å². The zero-order valence-corrected chi connectivity index (χ0v) is 14.7. The van der Waals surface area contributed by atoms with Crippen molar-refractivity contribution in [3.63, 3.8) is 0 Å². The Labute approximate surface area is 150 Å². The lowest BCUT2D eigenvalue weighted by atomic mass is 10.0. The van der Waals surface area contributed by atoms with Crippen LogP contribution in [-0.4, -0.2) is 33.4 Å². The van der Waals surface area contributed by atoms with E-state index >= 15 is 0 Å². The van der Waals surface area contributed by atoms with Gasteiger partial charge in [-0.1, -0.05) is 0 Å². The zero-order chi connectivity index (χ0) is 18.9. The van der Waals surface area contributed by atoms with Crippen LogP contribution in [0.3, 0.4) is 0 Å². The molecule has 2 aromatic heterocycles. The average Bonchev–Trinajstić information content (AvgIpc) is 3.14. The maximum Gasteiger partial charge on any atom is 0.435 e. The number of rotatable bonds is 3. The summed E-state index contributed by atoms with van der Waals surface area (Å²) < 4.78 is 6.23. The van der Waals surface area contributed by atoms with Crippen LogP contribution in [0.4, 0.5) is 10.6 Å². The number of ether oxygens (including phenoxy) is 1. The summed E-state index contributed by atoms with van der Waals surface area (Å²) in [6, 6.07) is 4.91. The van der Waals surface area contributed by atoms with Crippen molar-refractivity contribution >= 4 is 17.8 Å². The minimum atomic E-state index is -0.600. The van der Waals surface area contributed by atoms with Crippen LogP contribution in [-0.2, 0) is 16.8 Å². The van der Waals surface area contributed by atoms with Crippen molar-refractivity contribution < 1.29 is 14.3 Å². The Morgan fingerprint density at radius 1 is 1.46 bits per heavy atom. The highest BCUT2D eigenvalue weighted by Crippen LogP contribution is 2.35. The fourth-order valence-corrected chi connectivity index (χ4v) is 2.84. The number of hydrogen-bond acceptors (Lipinski definition) is 7. The molecule has 1 aliphatic rings. The summed E-state index contributed by atoms with van der Waals surface area (Å²) in [6.07, 6.45) is 0.721. The second kappa shape index (κ2) is 6.57. The normalized spacial score (nSPS) is 14.4. The van der Waals surface area contributed by atoms with E-state index in [4.69, 9.17) is 10.00 Å². The van der Waals surface area contributed by atoms with E-state index in [2.05, 4.69) is 20.7 Å². The molecule has 1 amide bonds. The van der Waals surface area contributed by atoms with Gasteiger partial charge in [-0.2, -0.15) is 9.94 Å². The van der Waals surface area contributed by atoms with Gasteiger partial charge in [-0.25, -0.2) is 9.78 Å². The SMILES string of the molecule is CCOC(=O)n1nc(NC(=O)c2ccc(C#N)cn2)c2c1C(C)(C)NC2. The van der Waals surface area contributed by atoms with Gasteiger partial charge in [-0.3, -0.25) is 4.79 Å². The number of hydrogen-bond donors (Lipinski definition) is 2. The maximum absolute atomic E-state index is 12.4. The van der Waals surface area contributed by atoms with Gasteiger partial charge in [0, 0.05) is 18.3 Å². The summed E-state index contributed by atoms with van der Waals surface area (Å²) in [5, 5.41) is 19.0. The molecular formula is C17H18N6O3. The van der Waals surface area contributed by atoms with Crippen LogP contribution in [0.2, 0.25) is 0 Å². The summed E-state index contributed by atoms with van der Waals surface area (Å²) >= 11 is 0. The van der Waals surface area contributed by atoms with Gasteiger partial charge in [0.1, 0.15) is 11.8 Å². The molecule has 0 spiro atoms. The predicted octanol–water partition coefficient (Wildman–Crippen LogP) is 1.74. The Hall–Kier alpha value is -3.25. The topological polar surface area (TPSA) is 122 Å². The zero-order valence-electron chi connectivity index (χ0n) is 14.7. The summed E-state index contributed by atoms with van der Waals surface area (Å²) in [5.74, 6) is -0.196. The Bertz CT molecular complexity index is 908. The number of amides is 1. The van der Waals surface area contributed by atoms with Crippen LogP contribution in [0.1, 0.15) is 48.1 Å². The van der Waals surface area contributed by atoms with Crippen molar-refractivity contribution in [1.82, 2.24) is 20.1 Å². The van der Waals surface area contributed by atoms with Crippen molar-refractivity contribution in [1.29, 1.82) is 5.26 Å². The monoisotopic (exact) mass is 354 g/mol. The van der Waals surface area contributed by atoms with Crippen LogP contribution in [0, 0.1) is 11.3 Å². The molecule has 1 aliphatic heterocycles. The summed E-state index contributed by atoms with van der Waals surface area (Å²) in [4.78, 5) is 28.6. The van der Waals surface area contributed by atoms with E-state index in [0.717, 1.165) is 5.56 Å². The summed E-state index contributed by atoms with van der Waals surface area (Å²) in [6.45, 7) is 6.23. The van der Waals surface area contributed by atoms with E-state index in [9.17, 15) is 9.59 Å². The standard InChI is InChI=1S/C17H18N6O3/c1-4-26-16(25)23-13-11(9-20-17(13,2)3)14(22-23)21-15(24)12-6-5-10(7-18)8-19-12/h5-6,8,20H,4,9H2,1-3H3,(H,21,22,24). The fraction of sp³-hybridized carbons (Fsp3) is 0.353. The van der Waals surface area contributed by atoms with Crippen molar-refractivity contribution in [3.05, 3.63) is 40.8 Å². The predicted molar refractivity (Wildman–Crippen MR) is 91.4 cm³/mol. The number of nitrogens with zero attached hydrogens (tertiary/aromatic N) is 4. The quantitative estimate of drug-likeness (QED) is 0.861. The Morgan fingerprint density at radius 2 is 2.23 bits per heavy atom. The van der Waals surface area contributed by atoms with Gasteiger partial charge >= 0.3 is 6.09 Å². The molecule has 0 bridgehead atoms. The first-order valence-corrected chi connectivity index (χ1v) is 8.09. The number of nitriles is 1. The molecule has 0 radical (unpaired) electrons. The molecule has 134 valence electrons. The van der Waals surface area contributed by atoms with Gasteiger partial charge in [0.05, 0.1) is 23.4 Å². The number of pyridine rings is 1. The molecule has 2 N–H and O–H groups in total. The molecule has 0 aromatic carbocycles. The third-order valence-corrected chi connectivity index (χ3v) is 4.08. The third kappa shape index (κ3) is 3.02. The molecule has 0 fully saturated rings. The first kappa shape index (κ1) is 17.6. The van der Waals surface area contributed by atoms with Crippen molar-refractivity contribution in [3.8, 4) is 6.07 Å². The number of carbonyl (C=O) groups excluding carboxylic acids is 2. The Balaban J connectivity index is 1.93. The molecule has 9 heteroatoms. The number of anilines is 1. The van der Waals surface area contributed by atoms with Gasteiger partial charge in [-0.15, -0.1) is 5.10 Å². The number of carbonyl (C=O) groups is 2. The second-order valence-corrected chi connectivity index (χ2v) is 6.26. The minimum absolute atomic E-state index is 0.147. The summed E-state index contributed by atoms with van der Waals surface area (Å²) in [7, 11) is 0. The molecule has 0 saturated carbocycles. The first-order valence-electron chi connectivity index (χ1n) is 8.09. The van der Waals surface area contributed by atoms with Crippen molar-refractivity contribution in [2.24, 2.45) is 0 Å². The largest absolute Gasteiger partial charge is 0.448 e. The van der Waals surface area contributed by atoms with Crippen LogP contribution < -0.4 is 10.6 Å². The van der Waals surface area contributed by atoms with Gasteiger partial charge in [-0.05, 0) is 32.9 Å². The average molecular weight is 354 g/mol. The first-order chi connectivity index (χ1) is 12.4. The van der Waals surface area contributed by atoms with Gasteiger partial charge in [0.25, 0.3) is 5.91 Å². The number of nitrogens with one attached hydrogen (secondary N) is 2. The van der Waals surface area contributed by atoms with E-state index < -0.39 is 17.5 Å². The van der Waals surface area contributed by atoms with E-state index in [1.54, 1.807) is 6.92 Å². The number of aromatic nitrogens is 3.